The predicted octanol–water partition coefficient (Wildman–Crippen LogP) is 18.9. The second-order valence-corrected chi connectivity index (χ2v) is 17.5. The van der Waals surface area contributed by atoms with E-state index in [4.69, 9.17) is 0 Å². The molecule has 0 unspecified atom stereocenters. The first kappa shape index (κ1) is 51.1. The lowest BCUT2D eigenvalue weighted by Gasteiger charge is -2.23. The molecule has 0 radical (unpaired) electrons. The van der Waals surface area contributed by atoms with Crippen molar-refractivity contribution < 1.29 is 79.0 Å². The zero-order chi connectivity index (χ0) is 54.8. The number of fused-ring (bicyclic) bond motifs is 6. The summed E-state index contributed by atoms with van der Waals surface area (Å²) in [4.78, 5) is 0. The molecule has 8 aromatic carbocycles. The van der Waals surface area contributed by atoms with Crippen molar-refractivity contribution in [1.82, 2.24) is 9.13 Å². The number of hydrogen-bond acceptors (Lipinski definition) is 1. The van der Waals surface area contributed by atoms with Crippen molar-refractivity contribution >= 4 is 43.6 Å². The summed E-state index contributed by atoms with van der Waals surface area (Å²) in [5, 5.41) is 11.7. The van der Waals surface area contributed by atoms with Crippen LogP contribution in [0.25, 0.3) is 88.4 Å². The maximum absolute atomic E-state index is 14.9. The molecule has 0 N–H and O–H groups in total. The Kier molecular flexibility index (Phi) is 11.6. The van der Waals surface area contributed by atoms with Crippen LogP contribution in [0.15, 0.2) is 152 Å². The summed E-state index contributed by atoms with van der Waals surface area (Å²) in [5.41, 5.74) is -15.2. The highest BCUT2D eigenvalue weighted by Gasteiger charge is 2.41. The Labute approximate surface area is 414 Å². The van der Waals surface area contributed by atoms with Gasteiger partial charge in [-0.1, -0.05) is 72.8 Å². The number of aromatic nitrogens is 2. The van der Waals surface area contributed by atoms with E-state index >= 15 is 0 Å². The number of halogens is 18. The number of nitrogens with zero attached hydrogens (tertiary/aromatic N) is 3. The normalized spacial score (nSPS) is 13.1. The van der Waals surface area contributed by atoms with E-state index in [-0.39, 0.29) is 78.5 Å². The van der Waals surface area contributed by atoms with Crippen molar-refractivity contribution in [2.75, 3.05) is 0 Å². The van der Waals surface area contributed by atoms with Crippen LogP contribution in [0, 0.1) is 11.3 Å². The second-order valence-electron chi connectivity index (χ2n) is 17.5. The second kappa shape index (κ2) is 17.3. The van der Waals surface area contributed by atoms with Crippen molar-refractivity contribution in [1.29, 1.82) is 5.26 Å². The van der Waals surface area contributed by atoms with Gasteiger partial charge in [-0.05, 0) is 107 Å². The average molecular weight is 1070 g/mol. The van der Waals surface area contributed by atoms with E-state index in [1.165, 1.54) is 69.8 Å². The third kappa shape index (κ3) is 8.88. The quantitative estimate of drug-likeness (QED) is 0.158. The van der Waals surface area contributed by atoms with E-state index in [0.717, 1.165) is 36.4 Å². The van der Waals surface area contributed by atoms with Gasteiger partial charge in [-0.2, -0.15) is 84.3 Å². The smallest absolute Gasteiger partial charge is 0.308 e. The first-order valence-electron chi connectivity index (χ1n) is 22.0. The van der Waals surface area contributed by atoms with Crippen LogP contribution in [0.4, 0.5) is 79.0 Å². The highest BCUT2D eigenvalue weighted by atomic mass is 19.4. The van der Waals surface area contributed by atoms with Crippen molar-refractivity contribution in [2.24, 2.45) is 0 Å². The summed E-state index contributed by atoms with van der Waals surface area (Å²) in [6.07, 6.45) is -32.1. The van der Waals surface area contributed by atoms with Crippen molar-refractivity contribution in [2.45, 2.75) is 37.1 Å². The Morgan fingerprint density at radius 1 is 0.316 bits per heavy atom. The fourth-order valence-electron chi connectivity index (χ4n) is 9.63. The fraction of sp³-hybridized carbons (Fsp3) is 0.109. The van der Waals surface area contributed by atoms with E-state index in [9.17, 15) is 84.3 Å². The predicted molar refractivity (Wildman–Crippen MR) is 246 cm³/mol. The van der Waals surface area contributed by atoms with Crippen molar-refractivity contribution in [3.63, 3.8) is 0 Å². The number of para-hydroxylation sites is 2. The fourth-order valence-corrected chi connectivity index (χ4v) is 9.63. The highest BCUT2D eigenvalue weighted by Crippen LogP contribution is 2.49. The van der Waals surface area contributed by atoms with Crippen LogP contribution in [0.1, 0.15) is 38.9 Å². The lowest BCUT2D eigenvalue weighted by atomic mass is 9.94. The molecule has 0 bridgehead atoms. The molecule has 0 aliphatic carbocycles. The Balaban J connectivity index is 1.38. The first-order chi connectivity index (χ1) is 35.4. The van der Waals surface area contributed by atoms with Crippen LogP contribution >= 0.6 is 0 Å². The molecule has 0 aliphatic heterocycles. The Hall–Kier alpha value is -8.41. The maximum Gasteiger partial charge on any atom is 0.417 e. The lowest BCUT2D eigenvalue weighted by molar-refractivity contribution is -0.144. The molecule has 0 aliphatic rings. The van der Waals surface area contributed by atoms with Crippen LogP contribution in [-0.2, 0) is 37.1 Å². The van der Waals surface area contributed by atoms with Gasteiger partial charge in [0.2, 0.25) is 0 Å². The van der Waals surface area contributed by atoms with Crippen molar-refractivity contribution in [3.05, 3.63) is 191 Å². The zero-order valence-corrected chi connectivity index (χ0v) is 37.6. The molecular weight excluding hydrogens is 1040 g/mol. The van der Waals surface area contributed by atoms with E-state index in [0.29, 0.717) is 36.4 Å². The molecule has 10 rings (SSSR count). The molecule has 386 valence electrons. The van der Waals surface area contributed by atoms with E-state index in [1.807, 2.05) is 6.07 Å². The van der Waals surface area contributed by atoms with Crippen LogP contribution in [0.2, 0.25) is 0 Å². The van der Waals surface area contributed by atoms with Gasteiger partial charge < -0.3 is 9.13 Å². The Bertz CT molecular complexity index is 3790. The first-order valence-corrected chi connectivity index (χ1v) is 22.0. The number of hydrogen-bond donors (Lipinski definition) is 0. The third-order valence-electron chi connectivity index (χ3n) is 12.9. The van der Waals surface area contributed by atoms with Gasteiger partial charge in [0.1, 0.15) is 0 Å². The molecule has 21 heteroatoms. The summed E-state index contributed by atoms with van der Waals surface area (Å²) in [7, 11) is 0. The Morgan fingerprint density at radius 2 is 0.684 bits per heavy atom. The topological polar surface area (TPSA) is 33.6 Å². The van der Waals surface area contributed by atoms with Gasteiger partial charge in [-0.15, -0.1) is 0 Å². The van der Waals surface area contributed by atoms with Crippen LogP contribution in [0.3, 0.4) is 0 Å². The molecule has 0 saturated carbocycles. The molecule has 76 heavy (non-hydrogen) atoms. The van der Waals surface area contributed by atoms with Crippen LogP contribution in [-0.4, -0.2) is 9.13 Å². The summed E-state index contributed by atoms with van der Waals surface area (Å²) in [6, 6.07) is 25.4. The molecule has 0 saturated heterocycles. The van der Waals surface area contributed by atoms with Crippen molar-refractivity contribution in [3.8, 4) is 50.8 Å². The molecule has 0 fully saturated rings. The molecule has 2 aromatic heterocycles. The standard InChI is InChI=1S/C55H25F18N3/c56-50(57,58)31-11-15-35(41(24-31)54(68,69)70)28-9-13-39-37-5-1-3-7-43(37)75(45(39)21-28)47-17-27(26-74)18-48(49(47)30-19-33(52(62,63)64)23-34(20-30)53(65,66)67)76-44-8-4-2-6-38(44)40-14-10-29(22-46(40)76)36-16-12-32(51(59,60)61)25-42(36)55(71,72)73/h1-25H. The number of nitriles is 1. The molecule has 0 spiro atoms. The van der Waals surface area contributed by atoms with Crippen LogP contribution in [0.5, 0.6) is 0 Å². The largest absolute Gasteiger partial charge is 0.417 e. The lowest BCUT2D eigenvalue weighted by Crippen LogP contribution is -2.12. The minimum atomic E-state index is -5.47. The van der Waals surface area contributed by atoms with Gasteiger partial charge in [0.25, 0.3) is 0 Å². The number of alkyl halides is 18. The van der Waals surface area contributed by atoms with Gasteiger partial charge >= 0.3 is 37.1 Å². The van der Waals surface area contributed by atoms with Gasteiger partial charge in [-0.25, -0.2) is 0 Å². The number of rotatable bonds is 5. The third-order valence-corrected chi connectivity index (χ3v) is 12.9. The van der Waals surface area contributed by atoms with Gasteiger partial charge in [0.05, 0.1) is 78.5 Å². The van der Waals surface area contributed by atoms with Crippen LogP contribution < -0.4 is 0 Å². The molecule has 0 amide bonds. The van der Waals surface area contributed by atoms with E-state index in [2.05, 4.69) is 0 Å². The minimum Gasteiger partial charge on any atom is -0.308 e. The number of benzene rings is 8. The summed E-state index contributed by atoms with van der Waals surface area (Å²) < 4.78 is 263. The summed E-state index contributed by atoms with van der Waals surface area (Å²) >= 11 is 0. The van der Waals surface area contributed by atoms with Gasteiger partial charge in [-0.3, -0.25) is 0 Å². The molecule has 0 atom stereocenters. The monoisotopic (exact) mass is 1070 g/mol. The molecule has 2 heterocycles. The molecule has 10 aromatic rings. The van der Waals surface area contributed by atoms with E-state index in [1.54, 1.807) is 0 Å². The van der Waals surface area contributed by atoms with Gasteiger partial charge in [0, 0.05) is 27.1 Å². The Morgan fingerprint density at radius 3 is 1.04 bits per heavy atom. The summed E-state index contributed by atoms with van der Waals surface area (Å²) in [6.45, 7) is 0. The molecule has 3 nitrogen and oxygen atoms in total. The zero-order valence-electron chi connectivity index (χ0n) is 37.6. The SMILES string of the molecule is N#Cc1cc(-n2c3ccccc3c3ccc(-c4ccc(C(F)(F)F)cc4C(F)(F)F)cc32)c(-c2cc(C(F)(F)F)cc(C(F)(F)F)c2)c(-n2c3ccccc3c3ccc(-c4ccc(C(F)(F)F)cc4C(F)(F)F)cc32)c1. The minimum absolute atomic E-state index is 0.0925. The van der Waals surface area contributed by atoms with E-state index < -0.39 is 104 Å². The highest BCUT2D eigenvalue weighted by molar-refractivity contribution is 6.13. The average Bonchev–Trinajstić information content (AvgIpc) is 3.91. The van der Waals surface area contributed by atoms with Gasteiger partial charge in [0.15, 0.2) is 0 Å². The maximum atomic E-state index is 14.9. The summed E-state index contributed by atoms with van der Waals surface area (Å²) in [5.74, 6) is 0. The molecular formula is C55H25F18N3.